The lowest BCUT2D eigenvalue weighted by atomic mass is 9.92. The molecule has 1 aromatic carbocycles. The summed E-state index contributed by atoms with van der Waals surface area (Å²) in [5.74, 6) is -12.2. The average Bonchev–Trinajstić information content (AvgIpc) is 1.15. The fourth-order valence-electron chi connectivity index (χ4n) is 11.8. The number of benzene rings is 1. The summed E-state index contributed by atoms with van der Waals surface area (Å²) in [6.07, 6.45) is -0.446. The van der Waals surface area contributed by atoms with Gasteiger partial charge in [-0.2, -0.15) is 0 Å². The molecule has 1 aromatic rings. The van der Waals surface area contributed by atoms with Gasteiger partial charge in [0, 0.05) is 48.2 Å². The van der Waals surface area contributed by atoms with E-state index < -0.39 is 186 Å². The fraction of sp³-hybridized carbons (Fsp3) is 0.727. The number of methoxy groups -OCH3 is 1. The number of hydrogen-bond acceptors (Lipinski definition) is 15. The maximum absolute atomic E-state index is 15.5. The number of cyclic esters (lactones) is 1. The number of nitrogens with zero attached hydrogens (tertiary/aromatic N) is 6. The molecule has 2 aliphatic rings. The summed E-state index contributed by atoms with van der Waals surface area (Å²) in [5.41, 5.74) is -0.353. The van der Waals surface area contributed by atoms with Crippen molar-refractivity contribution in [3.63, 3.8) is 0 Å². The van der Waals surface area contributed by atoms with Crippen molar-refractivity contribution in [2.75, 3.05) is 55.4 Å². The molecule has 2 aliphatic heterocycles. The molecule has 0 unspecified atom stereocenters. The minimum Gasteiger partial charge on any atom is -0.497 e. The van der Waals surface area contributed by atoms with Gasteiger partial charge in [0.1, 0.15) is 65.7 Å². The van der Waals surface area contributed by atoms with Crippen molar-refractivity contribution in [3.05, 3.63) is 29.8 Å². The van der Waals surface area contributed by atoms with E-state index in [1.807, 2.05) is 6.92 Å². The number of esters is 2. The molecule has 3 rings (SSSR count). The Morgan fingerprint density at radius 1 is 0.637 bits per heavy atom. The van der Waals surface area contributed by atoms with Crippen molar-refractivity contribution in [1.29, 1.82) is 0 Å². The Balaban J connectivity index is 2.35. The van der Waals surface area contributed by atoms with Crippen LogP contribution in [0.5, 0.6) is 5.75 Å². The first kappa shape index (κ1) is 77.9. The Labute approximate surface area is 539 Å². The number of likely N-dealkylation sites (N-methyl/N-ethyl adjacent to an activating group) is 5. The van der Waals surface area contributed by atoms with Gasteiger partial charge < -0.3 is 64.9 Å². The molecule has 12 atom stereocenters. The highest BCUT2D eigenvalue weighted by molar-refractivity contribution is 6.00. The van der Waals surface area contributed by atoms with E-state index in [4.69, 9.17) is 14.2 Å². The molecule has 0 bridgehead atoms. The van der Waals surface area contributed by atoms with E-state index in [1.165, 1.54) is 64.0 Å². The van der Waals surface area contributed by atoms with E-state index in [-0.39, 0.29) is 19.4 Å². The van der Waals surface area contributed by atoms with Crippen LogP contribution in [0.15, 0.2) is 24.3 Å². The molecule has 10 amide bonds. The molecule has 2 heterocycles. The normalized spacial score (nSPS) is 25.5. The molecule has 25 nitrogen and oxygen atoms in total. The lowest BCUT2D eigenvalue weighted by Crippen LogP contribution is -2.63. The molecule has 512 valence electrons. The van der Waals surface area contributed by atoms with Crippen molar-refractivity contribution >= 4 is 71.0 Å². The number of ether oxygens (including phenoxy) is 3. The number of carbonyl (C=O) groups is 12. The van der Waals surface area contributed by atoms with Crippen LogP contribution in [0.2, 0.25) is 0 Å². The number of carbonyl (C=O) groups excluding carboxylic acids is 12. The quantitative estimate of drug-likeness (QED) is 0.182. The van der Waals surface area contributed by atoms with E-state index in [9.17, 15) is 43.2 Å². The molecular weight excluding hydrogens is 1170 g/mol. The van der Waals surface area contributed by atoms with Crippen molar-refractivity contribution in [2.24, 2.45) is 35.5 Å². The average molecular weight is 1280 g/mol. The topological polar surface area (TPSA) is 300 Å². The summed E-state index contributed by atoms with van der Waals surface area (Å²) in [4.78, 5) is 183. The van der Waals surface area contributed by atoms with Gasteiger partial charge in [0.15, 0.2) is 6.10 Å². The Bertz CT molecular complexity index is 2730. The Hall–Kier alpha value is -7.34. The van der Waals surface area contributed by atoms with E-state index in [0.717, 1.165) is 14.7 Å². The predicted octanol–water partition coefficient (Wildman–Crippen LogP) is 3.72. The smallest absolute Gasteiger partial charge is 0.329 e. The third-order valence-corrected chi connectivity index (χ3v) is 17.5. The summed E-state index contributed by atoms with van der Waals surface area (Å²) < 4.78 is 16.9. The standard InChI is InChI=1S/C66H108N10O15/c1-23-40(11)54-56(79)67-35-49(78)72(18)52(38(7)8)57(80)68-45(33-43-28-30-44(89-22)31-29-43)64(87)90-42(13)59(82)76-32-26-25-27-46(76)60(83)73(19)53(39(9)10)58(81)70-50(36(3)4)62(85)71(17)47(61(84)75(21)55(41(12)24-2)63(86)74(54)20)34-48(77)69-51(37(5)6)65(88)91-66(14,15)16/h28-31,36-42,45-47,50-55H,23-27,32-35H2,1-22H3,(H,67,79)(H,68,80)(H,69,77)(H,70,81)/t40-,41+,42+,45+,46+,47-,50+,51+,52+,53+,54+,55+/m1/s1. The SMILES string of the molecule is CC[C@@H](C)[C@H]1C(=O)NCC(=O)N(C)[C@@H](C(C)C)C(=O)N[C@@H](Cc2ccc(OC)cc2)C(=O)O[C@@H](C)C(=O)N2CCCC[C@H]2C(=O)N(C)[C@@H](C(C)C)C(=O)N[C@@H](C(C)C)C(=O)N(C)[C@H](CC(=O)N[C@H](C(=O)OC(C)(C)C)C(C)C)C(=O)N(C)[C@@H]([C@@H](C)CC)C(=O)N1C. The first-order valence-corrected chi connectivity index (χ1v) is 32.1. The third-order valence-electron chi connectivity index (χ3n) is 17.5. The molecule has 25 heteroatoms. The van der Waals surface area contributed by atoms with Gasteiger partial charge in [-0.25, -0.2) is 9.59 Å². The minimum absolute atomic E-state index is 0.0934. The molecule has 2 fully saturated rings. The van der Waals surface area contributed by atoms with Crippen LogP contribution in [0.1, 0.15) is 155 Å². The number of piperidine rings is 1. The highest BCUT2D eigenvalue weighted by Gasteiger charge is 2.46. The number of fused-ring (bicyclic) bond motifs is 1. The van der Waals surface area contributed by atoms with Crippen LogP contribution < -0.4 is 26.0 Å². The van der Waals surface area contributed by atoms with Crippen molar-refractivity contribution < 1.29 is 71.7 Å². The number of hydrogen-bond donors (Lipinski definition) is 4. The van der Waals surface area contributed by atoms with Crippen LogP contribution in [-0.4, -0.2) is 222 Å². The highest BCUT2D eigenvalue weighted by Crippen LogP contribution is 2.27. The first-order valence-electron chi connectivity index (χ1n) is 32.1. The van der Waals surface area contributed by atoms with Crippen molar-refractivity contribution in [3.8, 4) is 5.75 Å². The summed E-state index contributed by atoms with van der Waals surface area (Å²) in [6, 6.07) is -5.15. The Morgan fingerprint density at radius 2 is 1.16 bits per heavy atom. The highest BCUT2D eigenvalue weighted by atomic mass is 16.6. The summed E-state index contributed by atoms with van der Waals surface area (Å²) in [7, 11) is 8.35. The van der Waals surface area contributed by atoms with E-state index >= 15 is 14.4 Å². The zero-order valence-corrected chi connectivity index (χ0v) is 58.2. The Morgan fingerprint density at radius 3 is 1.68 bits per heavy atom. The van der Waals surface area contributed by atoms with Gasteiger partial charge >= 0.3 is 11.9 Å². The lowest BCUT2D eigenvalue weighted by molar-refractivity contribution is -0.165. The largest absolute Gasteiger partial charge is 0.497 e. The van der Waals surface area contributed by atoms with Crippen LogP contribution in [0.25, 0.3) is 0 Å². The zero-order chi connectivity index (χ0) is 69.4. The van der Waals surface area contributed by atoms with Crippen LogP contribution >= 0.6 is 0 Å². The molecule has 0 aliphatic carbocycles. The fourth-order valence-corrected chi connectivity index (χ4v) is 11.8. The second-order valence-electron chi connectivity index (χ2n) is 27.1. The molecule has 0 radical (unpaired) electrons. The van der Waals surface area contributed by atoms with Gasteiger partial charge in [-0.05, 0) is 100 Å². The number of nitrogens with one attached hydrogen (secondary N) is 4. The molecule has 0 saturated carbocycles. The second kappa shape index (κ2) is 34.4. The van der Waals surface area contributed by atoms with E-state index in [2.05, 4.69) is 21.3 Å². The number of amides is 10. The second-order valence-corrected chi connectivity index (χ2v) is 27.1. The summed E-state index contributed by atoms with van der Waals surface area (Å²) in [5, 5.41) is 11.0. The zero-order valence-electron chi connectivity index (χ0n) is 58.2. The molecule has 0 spiro atoms. The monoisotopic (exact) mass is 1280 g/mol. The maximum Gasteiger partial charge on any atom is 0.329 e. The van der Waals surface area contributed by atoms with Gasteiger partial charge in [-0.15, -0.1) is 0 Å². The van der Waals surface area contributed by atoms with Crippen LogP contribution in [0.4, 0.5) is 0 Å². The molecular formula is C66H108N10O15. The van der Waals surface area contributed by atoms with E-state index in [1.54, 1.807) is 121 Å². The predicted molar refractivity (Wildman–Crippen MR) is 342 cm³/mol. The van der Waals surface area contributed by atoms with Crippen LogP contribution in [-0.2, 0) is 73.4 Å². The number of rotatable bonds is 15. The van der Waals surface area contributed by atoms with Crippen molar-refractivity contribution in [2.45, 2.75) is 222 Å². The first-order chi connectivity index (χ1) is 42.3. The molecule has 2 saturated heterocycles. The third kappa shape index (κ3) is 20.6. The summed E-state index contributed by atoms with van der Waals surface area (Å²) in [6.45, 7) is 26.4. The summed E-state index contributed by atoms with van der Waals surface area (Å²) >= 11 is 0. The van der Waals surface area contributed by atoms with Crippen LogP contribution in [0.3, 0.4) is 0 Å². The van der Waals surface area contributed by atoms with Gasteiger partial charge in [0.05, 0.1) is 20.1 Å². The van der Waals surface area contributed by atoms with Gasteiger partial charge in [0.2, 0.25) is 53.2 Å². The molecule has 91 heavy (non-hydrogen) atoms. The van der Waals surface area contributed by atoms with Gasteiger partial charge in [-0.3, -0.25) is 47.9 Å². The molecule has 4 N–H and O–H groups in total. The molecule has 0 aromatic heterocycles. The lowest BCUT2D eigenvalue weighted by Gasteiger charge is -2.41. The van der Waals surface area contributed by atoms with Gasteiger partial charge in [-0.1, -0.05) is 108 Å². The minimum atomic E-state index is -1.69. The Kier molecular flexibility index (Phi) is 29.4. The van der Waals surface area contributed by atoms with Crippen LogP contribution in [0, 0.1) is 35.5 Å². The van der Waals surface area contributed by atoms with Gasteiger partial charge in [0.25, 0.3) is 5.91 Å². The van der Waals surface area contributed by atoms with Crippen molar-refractivity contribution in [1.82, 2.24) is 50.7 Å². The van der Waals surface area contributed by atoms with E-state index in [0.29, 0.717) is 37.0 Å². The maximum atomic E-state index is 15.5.